The summed E-state index contributed by atoms with van der Waals surface area (Å²) in [4.78, 5) is 0. The molecule has 30 heavy (non-hydrogen) atoms. The number of hydrogen-bond acceptors (Lipinski definition) is 6. The van der Waals surface area contributed by atoms with E-state index in [1.807, 2.05) is 0 Å². The minimum atomic E-state index is -1.54. The lowest BCUT2D eigenvalue weighted by atomic mass is 9.90. The summed E-state index contributed by atoms with van der Waals surface area (Å²) >= 11 is 6.21. The van der Waals surface area contributed by atoms with Crippen molar-refractivity contribution in [3.63, 3.8) is 0 Å². The molecule has 1 saturated heterocycles. The van der Waals surface area contributed by atoms with Gasteiger partial charge in [0.25, 0.3) is 0 Å². The second-order valence-corrected chi connectivity index (χ2v) is 7.48. The van der Waals surface area contributed by atoms with Gasteiger partial charge in [-0.25, -0.2) is 8.78 Å². The Balaban J connectivity index is 1.91. The van der Waals surface area contributed by atoms with E-state index in [-0.39, 0.29) is 29.4 Å². The fraction of sp³-hybridized carbons (Fsp3) is 0.429. The molecule has 164 valence electrons. The van der Waals surface area contributed by atoms with Gasteiger partial charge in [0, 0.05) is 29.1 Å². The quantitative estimate of drug-likeness (QED) is 0.545. The van der Waals surface area contributed by atoms with Gasteiger partial charge in [0.2, 0.25) is 0 Å². The molecule has 1 heterocycles. The van der Waals surface area contributed by atoms with Gasteiger partial charge in [-0.1, -0.05) is 23.7 Å². The van der Waals surface area contributed by atoms with Crippen LogP contribution in [0.2, 0.25) is 5.02 Å². The highest BCUT2D eigenvalue weighted by Crippen LogP contribution is 2.35. The van der Waals surface area contributed by atoms with Crippen molar-refractivity contribution in [1.29, 1.82) is 0 Å². The maximum Gasteiger partial charge on any atom is 0.133 e. The minimum Gasteiger partial charge on any atom is -0.494 e. The Morgan fingerprint density at radius 1 is 1.03 bits per heavy atom. The van der Waals surface area contributed by atoms with Gasteiger partial charge in [-0.3, -0.25) is 0 Å². The van der Waals surface area contributed by atoms with E-state index in [2.05, 4.69) is 0 Å². The second kappa shape index (κ2) is 9.55. The van der Waals surface area contributed by atoms with Crippen LogP contribution in [0.4, 0.5) is 8.78 Å². The highest BCUT2D eigenvalue weighted by Gasteiger charge is 2.44. The van der Waals surface area contributed by atoms with E-state index < -0.39 is 48.8 Å². The van der Waals surface area contributed by atoms with E-state index >= 15 is 0 Å². The molecule has 4 N–H and O–H groups in total. The molecule has 0 unspecified atom stereocenters. The van der Waals surface area contributed by atoms with Gasteiger partial charge in [0.15, 0.2) is 0 Å². The van der Waals surface area contributed by atoms with Crippen LogP contribution < -0.4 is 4.74 Å². The first-order chi connectivity index (χ1) is 14.3. The Kier molecular flexibility index (Phi) is 7.28. The molecule has 3 rings (SSSR count). The number of benzene rings is 2. The largest absolute Gasteiger partial charge is 0.494 e. The van der Waals surface area contributed by atoms with E-state index in [1.165, 1.54) is 18.2 Å². The number of rotatable bonds is 6. The average molecular weight is 445 g/mol. The third-order valence-electron chi connectivity index (χ3n) is 5.08. The van der Waals surface area contributed by atoms with E-state index in [4.69, 9.17) is 21.1 Å². The summed E-state index contributed by atoms with van der Waals surface area (Å²) in [6.45, 7) is 1.41. The van der Waals surface area contributed by atoms with E-state index in [1.54, 1.807) is 6.92 Å². The molecule has 0 aromatic heterocycles. The molecule has 0 amide bonds. The molecule has 0 radical (unpaired) electrons. The highest BCUT2D eigenvalue weighted by molar-refractivity contribution is 6.31. The number of hydrogen-bond donors (Lipinski definition) is 4. The summed E-state index contributed by atoms with van der Waals surface area (Å²) in [5.74, 6) is -1.49. The summed E-state index contributed by atoms with van der Waals surface area (Å²) in [7, 11) is 0. The zero-order valence-corrected chi connectivity index (χ0v) is 16.9. The number of aliphatic hydroxyl groups is 4. The van der Waals surface area contributed by atoms with Crippen LogP contribution in [-0.4, -0.2) is 58.1 Å². The van der Waals surface area contributed by atoms with Crippen LogP contribution >= 0.6 is 11.6 Å². The first-order valence-electron chi connectivity index (χ1n) is 9.46. The number of ether oxygens (including phenoxy) is 2. The molecule has 9 heteroatoms. The molecule has 6 nitrogen and oxygen atoms in total. The minimum absolute atomic E-state index is 0.0809. The van der Waals surface area contributed by atoms with Gasteiger partial charge < -0.3 is 29.9 Å². The topological polar surface area (TPSA) is 99.4 Å². The maximum absolute atomic E-state index is 14.4. The monoisotopic (exact) mass is 444 g/mol. The third kappa shape index (κ3) is 4.59. The second-order valence-electron chi connectivity index (χ2n) is 7.08. The van der Waals surface area contributed by atoms with Gasteiger partial charge in [-0.2, -0.15) is 0 Å². The van der Waals surface area contributed by atoms with Gasteiger partial charge in [-0.15, -0.1) is 0 Å². The van der Waals surface area contributed by atoms with Crippen LogP contribution in [0.15, 0.2) is 30.3 Å². The van der Waals surface area contributed by atoms with Crippen molar-refractivity contribution in [2.45, 2.75) is 43.9 Å². The predicted molar refractivity (Wildman–Crippen MR) is 105 cm³/mol. The standard InChI is InChI=1S/C21H23ClF2O6/c1-2-29-12-7-15(23)13(16(24)8-12)6-11-5-10(3-4-14(11)22)21-20(28)19(27)18(26)17(9-25)30-21/h3-5,7-8,17-21,25-28H,2,6,9H2,1H3/t17-,18-,19+,20-,21+/m1/s1. The smallest absolute Gasteiger partial charge is 0.133 e. The molecule has 1 aliphatic rings. The molecular formula is C21H23ClF2O6. The molecular weight excluding hydrogens is 422 g/mol. The Morgan fingerprint density at radius 3 is 2.30 bits per heavy atom. The van der Waals surface area contributed by atoms with Crippen molar-refractivity contribution in [1.82, 2.24) is 0 Å². The Bertz CT molecular complexity index is 871. The summed E-state index contributed by atoms with van der Waals surface area (Å²) in [6, 6.07) is 6.71. The van der Waals surface area contributed by atoms with Gasteiger partial charge in [-0.05, 0) is 24.1 Å². The van der Waals surface area contributed by atoms with Crippen molar-refractivity contribution in [3.05, 3.63) is 63.7 Å². The Morgan fingerprint density at radius 2 is 1.70 bits per heavy atom. The van der Waals surface area contributed by atoms with Crippen molar-refractivity contribution >= 4 is 11.6 Å². The van der Waals surface area contributed by atoms with Crippen molar-refractivity contribution in [3.8, 4) is 5.75 Å². The zero-order valence-electron chi connectivity index (χ0n) is 16.1. The van der Waals surface area contributed by atoms with Crippen LogP contribution in [0.25, 0.3) is 0 Å². The van der Waals surface area contributed by atoms with Crippen molar-refractivity contribution in [2.75, 3.05) is 13.2 Å². The van der Waals surface area contributed by atoms with Crippen LogP contribution in [0.5, 0.6) is 5.75 Å². The summed E-state index contributed by atoms with van der Waals surface area (Å²) < 4.78 is 39.6. The van der Waals surface area contributed by atoms with Gasteiger partial charge in [0.1, 0.15) is 47.9 Å². The van der Waals surface area contributed by atoms with E-state index in [0.29, 0.717) is 11.1 Å². The molecule has 1 aliphatic heterocycles. The Labute approximate surface area is 177 Å². The maximum atomic E-state index is 14.4. The fourth-order valence-corrected chi connectivity index (χ4v) is 3.66. The normalized spacial score (nSPS) is 26.6. The summed E-state index contributed by atoms with van der Waals surface area (Å²) in [5, 5.41) is 39.8. The first kappa shape index (κ1) is 22.9. The molecule has 1 fully saturated rings. The highest BCUT2D eigenvalue weighted by atomic mass is 35.5. The van der Waals surface area contributed by atoms with Gasteiger partial charge in [0.05, 0.1) is 13.2 Å². The number of aliphatic hydroxyl groups excluding tert-OH is 4. The average Bonchev–Trinajstić information content (AvgIpc) is 2.71. The lowest BCUT2D eigenvalue weighted by Gasteiger charge is -2.40. The summed E-state index contributed by atoms with van der Waals surface area (Å²) in [5.41, 5.74) is 0.539. The molecule has 0 saturated carbocycles. The van der Waals surface area contributed by atoms with Crippen LogP contribution in [-0.2, 0) is 11.2 Å². The lowest BCUT2D eigenvalue weighted by Crippen LogP contribution is -2.55. The predicted octanol–water partition coefficient (Wildman–Crippen LogP) is 2.12. The molecule has 0 spiro atoms. The Hall–Kier alpha value is -1.81. The zero-order chi connectivity index (χ0) is 22.0. The fourth-order valence-electron chi connectivity index (χ4n) is 3.47. The third-order valence-corrected chi connectivity index (χ3v) is 5.45. The van der Waals surface area contributed by atoms with Crippen molar-refractivity contribution in [2.24, 2.45) is 0 Å². The van der Waals surface area contributed by atoms with E-state index in [9.17, 15) is 29.2 Å². The molecule has 0 bridgehead atoms. The molecule has 2 aromatic rings. The molecule has 5 atom stereocenters. The SMILES string of the molecule is CCOc1cc(F)c(Cc2cc([C@@H]3O[C@H](CO)[C@@H](O)[C@H](O)[C@H]3O)ccc2Cl)c(F)c1. The van der Waals surface area contributed by atoms with Crippen LogP contribution in [0, 0.1) is 11.6 Å². The lowest BCUT2D eigenvalue weighted by molar-refractivity contribution is -0.231. The molecule has 2 aromatic carbocycles. The molecule has 0 aliphatic carbocycles. The number of halogens is 3. The van der Waals surface area contributed by atoms with Gasteiger partial charge >= 0.3 is 0 Å². The van der Waals surface area contributed by atoms with Crippen LogP contribution in [0.3, 0.4) is 0 Å². The summed E-state index contributed by atoms with van der Waals surface area (Å²) in [6.07, 6.45) is -6.83. The van der Waals surface area contributed by atoms with Crippen LogP contribution in [0.1, 0.15) is 29.7 Å². The van der Waals surface area contributed by atoms with E-state index in [0.717, 1.165) is 12.1 Å². The van der Waals surface area contributed by atoms with Crippen molar-refractivity contribution < 1.29 is 38.7 Å². The first-order valence-corrected chi connectivity index (χ1v) is 9.84.